The maximum atomic E-state index is 9.40. The fourth-order valence-corrected chi connectivity index (χ4v) is 0.0441. The standard InChI is InChI=1S/C3H6BN.C2H3BO.CBN3O.CBNO.CBNS.BH2N.2I3.V/c1-3(2)5-4;1-2(3)4;2-1(6)4-5-3;2*2-3-1-4;1-2;2*1-3-2;/h5H,1H2,2H3;1H3;;;;2H2;;;/q;;;;;;2*-1;. The van der Waals surface area contributed by atoms with Crippen molar-refractivity contribution in [2.75, 3.05) is 0 Å². The van der Waals surface area contributed by atoms with Gasteiger partial charge in [0.25, 0.3) is 16.0 Å². The summed E-state index contributed by atoms with van der Waals surface area (Å²) in [5.41, 5.74) is 11.8. The Morgan fingerprint density at radius 2 is 1.31 bits per heavy atom. The van der Waals surface area contributed by atoms with Crippen molar-refractivity contribution in [3.63, 3.8) is 0 Å². The minimum absolute atomic E-state index is 0. The van der Waals surface area contributed by atoms with Crippen LogP contribution in [0.15, 0.2) is 27.2 Å². The molecule has 0 fully saturated rings. The molecule has 10 nitrogen and oxygen atoms in total. The van der Waals surface area contributed by atoms with Crippen molar-refractivity contribution in [1.82, 2.24) is 5.23 Å². The third kappa shape index (κ3) is 350. The van der Waals surface area contributed by atoms with Crippen LogP contribution in [0.3, 0.4) is 0 Å². The first-order chi connectivity index (χ1) is 14.4. The second kappa shape index (κ2) is 84.1. The average molecular weight is 1160 g/mol. The van der Waals surface area contributed by atoms with Gasteiger partial charge < -0.3 is 25.4 Å². The van der Waals surface area contributed by atoms with Crippen LogP contribution in [-0.2, 0) is 28.1 Å². The van der Waals surface area contributed by atoms with Crippen LogP contribution in [0, 0.1) is 0 Å². The van der Waals surface area contributed by atoms with Gasteiger partial charge in [-0.15, -0.1) is 0 Å². The Labute approximate surface area is 273 Å². The largest absolute Gasteiger partial charge is 0.441 e. The van der Waals surface area contributed by atoms with Crippen LogP contribution < -0.4 is 37.4 Å². The molecule has 0 saturated heterocycles. The number of isothiocyanates is 1. The van der Waals surface area contributed by atoms with E-state index in [1.807, 2.05) is 5.16 Å². The molecule has 169 valence electrons. The number of carbonyl (C=O) groups is 2. The fraction of sp³-hybridized carbons (Fsp3) is 0.250. The molecule has 0 bridgehead atoms. The number of hydrogen-bond acceptors (Lipinski definition) is 8. The number of nitrogens with one attached hydrogen (secondary N) is 1. The number of carbonyl (C=O) groups excluding carboxylic acids is 3. The minimum atomic E-state index is -1.00. The number of nitrogens with zero attached hydrogens (tertiary/aromatic N) is 5. The molecular weight excluding hydrogens is 1150 g/mol. The van der Waals surface area contributed by atoms with Crippen molar-refractivity contribution in [2.45, 2.75) is 13.8 Å². The molecule has 0 spiro atoms. The molecule has 0 aromatic rings. The van der Waals surface area contributed by atoms with E-state index in [9.17, 15) is 9.59 Å². The normalized spacial score (nSPS) is 5.47. The van der Waals surface area contributed by atoms with Crippen LogP contribution in [-0.4, -0.2) is 70.3 Å². The summed E-state index contributed by atoms with van der Waals surface area (Å²) >= 11 is 14.6. The molecule has 0 unspecified atom stereocenters. The molecule has 0 aliphatic heterocycles. The molecule has 0 saturated carbocycles. The number of isocyanates is 1. The van der Waals surface area contributed by atoms with Crippen molar-refractivity contribution in [2.24, 2.45) is 20.6 Å². The van der Waals surface area contributed by atoms with Crippen molar-refractivity contribution in [1.29, 1.82) is 0 Å². The van der Waals surface area contributed by atoms with Gasteiger partial charge >= 0.3 is 101 Å². The molecule has 3 N–H and O–H groups in total. The Bertz CT molecular complexity index is 511. The van der Waals surface area contributed by atoms with E-state index in [0.29, 0.717) is 26.5 Å². The summed E-state index contributed by atoms with van der Waals surface area (Å²) in [4.78, 5) is 34.7. The van der Waals surface area contributed by atoms with Gasteiger partial charge in [0.05, 0.1) is 5.68 Å². The zero-order valence-electron chi connectivity index (χ0n) is 16.3. The van der Waals surface area contributed by atoms with Gasteiger partial charge in [-0.2, -0.15) is 0 Å². The molecule has 32 heavy (non-hydrogen) atoms. The third-order valence-corrected chi connectivity index (χ3v) is 0.600. The molecule has 13 radical (unpaired) electrons. The molecule has 24 heteroatoms. The Morgan fingerprint density at radius 1 is 1.12 bits per heavy atom. The molecule has 0 rings (SSSR count). The fourth-order valence-electron chi connectivity index (χ4n) is 0.0441. The summed E-state index contributed by atoms with van der Waals surface area (Å²) in [6.07, 6.45) is 1.08. The van der Waals surface area contributed by atoms with Gasteiger partial charge in [0.15, 0.2) is 29.5 Å². The van der Waals surface area contributed by atoms with E-state index in [2.05, 4.69) is 164 Å². The van der Waals surface area contributed by atoms with Gasteiger partial charge in [-0.25, -0.2) is 4.79 Å². The summed E-state index contributed by atoms with van der Waals surface area (Å²) < 4.78 is 0. The zero-order chi connectivity index (χ0) is 27.1. The molecule has 0 aromatic heterocycles. The SMILES string of the molecule is I[I-]I.I[I-]I.[B]C(=O)N=[N+]=[N-].[B]C(C)=O.[B]N.[B]N=C=O.[B]N=C=S.[B]NC(=C)C.[V]. The van der Waals surface area contributed by atoms with Crippen LogP contribution in [0.5, 0.6) is 0 Å². The van der Waals surface area contributed by atoms with Crippen molar-refractivity contribution < 1.29 is 59.4 Å². The first-order valence-electron chi connectivity index (χ1n) is 5.78. The van der Waals surface area contributed by atoms with Gasteiger partial charge in [0.2, 0.25) is 14.1 Å². The summed E-state index contributed by atoms with van der Waals surface area (Å²) in [6.45, 7) is 6.53. The van der Waals surface area contributed by atoms with Gasteiger partial charge in [-0.05, 0) is 42.4 Å². The molecular formula is C8H11B6I6N7O3SV-2. The average Bonchev–Trinajstić information content (AvgIpc) is 2.71. The van der Waals surface area contributed by atoms with E-state index < -0.39 is 5.81 Å². The van der Waals surface area contributed by atoms with Crippen LogP contribution in [0.4, 0.5) is 4.79 Å². The van der Waals surface area contributed by atoms with Crippen LogP contribution in [0.1, 0.15) is 13.8 Å². The smallest absolute Gasteiger partial charge is 0.278 e. The third-order valence-electron chi connectivity index (χ3n) is 0.495. The van der Waals surface area contributed by atoms with Gasteiger partial charge in [-0.1, -0.05) is 6.58 Å². The van der Waals surface area contributed by atoms with Crippen molar-refractivity contribution in [3.8, 4) is 0 Å². The molecule has 0 aliphatic carbocycles. The number of hydrogen-bond donors (Lipinski definition) is 2. The second-order valence-corrected chi connectivity index (χ2v) is 35.3. The summed E-state index contributed by atoms with van der Waals surface area (Å²) in [6, 6.07) is 0. The minimum Gasteiger partial charge on any atom is -0.441 e. The summed E-state index contributed by atoms with van der Waals surface area (Å²) in [5, 5.41) is 6.69. The topological polar surface area (TPSA) is 163 Å². The van der Waals surface area contributed by atoms with Crippen molar-refractivity contribution in [3.05, 3.63) is 22.7 Å². The van der Waals surface area contributed by atoms with Crippen LogP contribution in [0.25, 0.3) is 10.4 Å². The maximum absolute atomic E-state index is 9.40. The van der Waals surface area contributed by atoms with Gasteiger partial charge in [-0.3, -0.25) is 4.90 Å². The van der Waals surface area contributed by atoms with E-state index in [1.54, 1.807) is 6.92 Å². The van der Waals surface area contributed by atoms with E-state index >= 15 is 0 Å². The van der Waals surface area contributed by atoms with E-state index in [1.165, 1.54) is 6.92 Å². The van der Waals surface area contributed by atoms with Crippen molar-refractivity contribution >= 4 is 157 Å². The van der Waals surface area contributed by atoms with Crippen LogP contribution in [0.2, 0.25) is 0 Å². The number of amides is 1. The quantitative estimate of drug-likeness (QED) is 0.0408. The molecule has 0 aliphatic rings. The Morgan fingerprint density at radius 3 is 1.31 bits per heavy atom. The monoisotopic (exact) mass is 1160 g/mol. The Kier molecular flexibility index (Phi) is 157. The van der Waals surface area contributed by atoms with E-state index in [4.69, 9.17) is 18.3 Å². The summed E-state index contributed by atoms with van der Waals surface area (Å²) in [5.74, 6) is -1.00. The first kappa shape index (κ1) is 59.7. The summed E-state index contributed by atoms with van der Waals surface area (Å²) in [7, 11) is 26.3. The predicted molar refractivity (Wildman–Crippen MR) is 161 cm³/mol. The molecule has 1 amide bonds. The van der Waals surface area contributed by atoms with Crippen LogP contribution >= 0.6 is 86.7 Å². The predicted octanol–water partition coefficient (Wildman–Crippen LogP) is -3.36. The van der Waals surface area contributed by atoms with Gasteiger partial charge in [0.1, 0.15) is 0 Å². The molecule has 0 atom stereocenters. The Balaban J connectivity index is -0.0000000274. The number of nitrogens with two attached hydrogens (primary N) is 1. The van der Waals surface area contributed by atoms with E-state index in [0.717, 1.165) is 11.8 Å². The first-order valence-corrected chi connectivity index (χ1v) is 31.3. The Hall–Kier alpha value is 2.68. The number of allylic oxidation sites excluding steroid dienone is 1. The molecule has 0 heterocycles. The number of rotatable bonds is 1. The second-order valence-electron chi connectivity index (χ2n) is 2.61. The number of azide groups is 1. The zero-order valence-corrected chi connectivity index (χ0v) is 31.5. The van der Waals surface area contributed by atoms with Gasteiger partial charge in [0, 0.05) is 28.6 Å². The number of halogens is 6. The maximum Gasteiger partial charge on any atom is 0.278 e. The number of thiocarbonyl (C=S) groups is 1. The molecule has 0 aromatic carbocycles. The van der Waals surface area contributed by atoms with E-state index in [-0.39, 0.29) is 24.2 Å².